The highest BCUT2D eigenvalue weighted by atomic mass is 35.5. The van der Waals surface area contributed by atoms with E-state index in [2.05, 4.69) is 0 Å². The molecule has 0 heterocycles. The van der Waals surface area contributed by atoms with Gasteiger partial charge in [0, 0.05) is 0 Å². The van der Waals surface area contributed by atoms with E-state index in [1.54, 1.807) is 18.2 Å². The summed E-state index contributed by atoms with van der Waals surface area (Å²) in [7, 11) is 0. The summed E-state index contributed by atoms with van der Waals surface area (Å²) in [5, 5.41) is 9.48. The molecule has 1 aromatic carbocycles. The smallest absolute Gasteiger partial charge is 0.332 e. The second-order valence-corrected chi connectivity index (χ2v) is 3.85. The predicted molar refractivity (Wildman–Crippen MR) is 58.3 cm³/mol. The van der Waals surface area contributed by atoms with Crippen LogP contribution in [0, 0.1) is 0 Å². The lowest BCUT2D eigenvalue weighted by atomic mass is 10.2. The van der Waals surface area contributed by atoms with Crippen molar-refractivity contribution in [3.05, 3.63) is 33.8 Å². The van der Waals surface area contributed by atoms with Gasteiger partial charge >= 0.3 is 5.97 Å². The van der Waals surface area contributed by atoms with Gasteiger partial charge in [-0.1, -0.05) is 29.3 Å². The molecule has 0 aromatic heterocycles. The van der Waals surface area contributed by atoms with Gasteiger partial charge in [-0.15, -0.1) is 0 Å². The molecule has 1 aromatic rings. The molecule has 1 N–H and O–H groups in total. The van der Waals surface area contributed by atoms with Crippen molar-refractivity contribution < 1.29 is 14.6 Å². The first-order valence-corrected chi connectivity index (χ1v) is 5.04. The van der Waals surface area contributed by atoms with Crippen LogP contribution >= 0.6 is 23.2 Å². The van der Waals surface area contributed by atoms with E-state index in [0.717, 1.165) is 5.56 Å². The third-order valence-corrected chi connectivity index (χ3v) is 2.57. The normalized spacial score (nSPS) is 12.5. The van der Waals surface area contributed by atoms with Gasteiger partial charge in [-0.25, -0.2) is 4.79 Å². The van der Waals surface area contributed by atoms with Crippen LogP contribution in [0.5, 0.6) is 0 Å². The minimum Gasteiger partial charge on any atom is -0.479 e. The first-order valence-electron chi connectivity index (χ1n) is 4.29. The van der Waals surface area contributed by atoms with Crippen molar-refractivity contribution in [3.8, 4) is 0 Å². The SMILES string of the molecule is C[C@H](OCc1ccc(Cl)c(Cl)c1)C(=O)O. The number of benzene rings is 1. The second kappa shape index (κ2) is 5.35. The fourth-order valence-corrected chi connectivity index (χ4v) is 1.24. The van der Waals surface area contributed by atoms with E-state index >= 15 is 0 Å². The monoisotopic (exact) mass is 248 g/mol. The highest BCUT2D eigenvalue weighted by Gasteiger charge is 2.11. The zero-order valence-corrected chi connectivity index (χ0v) is 9.55. The number of halogens is 2. The van der Waals surface area contributed by atoms with Gasteiger partial charge in [0.05, 0.1) is 16.7 Å². The van der Waals surface area contributed by atoms with Crippen LogP contribution in [-0.4, -0.2) is 17.2 Å². The van der Waals surface area contributed by atoms with Crippen molar-refractivity contribution in [2.24, 2.45) is 0 Å². The summed E-state index contributed by atoms with van der Waals surface area (Å²) in [4.78, 5) is 10.5. The molecule has 0 aliphatic heterocycles. The van der Waals surface area contributed by atoms with Gasteiger partial charge in [-0.2, -0.15) is 0 Å². The van der Waals surface area contributed by atoms with E-state index in [0.29, 0.717) is 10.0 Å². The average Bonchev–Trinajstić information content (AvgIpc) is 2.19. The average molecular weight is 249 g/mol. The number of carboxylic acids is 1. The summed E-state index contributed by atoms with van der Waals surface area (Å²) in [6.45, 7) is 1.67. The quantitative estimate of drug-likeness (QED) is 0.892. The van der Waals surface area contributed by atoms with Crippen LogP contribution in [-0.2, 0) is 16.1 Å². The van der Waals surface area contributed by atoms with E-state index in [9.17, 15) is 4.79 Å². The molecule has 0 aliphatic carbocycles. The summed E-state index contributed by atoms with van der Waals surface area (Å²) in [6.07, 6.45) is -0.834. The Morgan fingerprint density at radius 1 is 1.47 bits per heavy atom. The Morgan fingerprint density at radius 3 is 2.67 bits per heavy atom. The van der Waals surface area contributed by atoms with Crippen molar-refractivity contribution in [1.82, 2.24) is 0 Å². The van der Waals surface area contributed by atoms with Gasteiger partial charge in [0.1, 0.15) is 0 Å². The molecule has 3 nitrogen and oxygen atoms in total. The van der Waals surface area contributed by atoms with E-state index in [1.807, 2.05) is 0 Å². The number of carboxylic acid groups (broad SMARTS) is 1. The Bertz CT molecular complexity index is 366. The van der Waals surface area contributed by atoms with Crippen LogP contribution in [0.15, 0.2) is 18.2 Å². The molecule has 1 atom stereocenters. The minimum absolute atomic E-state index is 0.199. The predicted octanol–water partition coefficient (Wildman–Crippen LogP) is 2.98. The highest BCUT2D eigenvalue weighted by molar-refractivity contribution is 6.42. The third-order valence-electron chi connectivity index (χ3n) is 1.83. The molecule has 0 bridgehead atoms. The number of hydrogen-bond donors (Lipinski definition) is 1. The maximum Gasteiger partial charge on any atom is 0.332 e. The number of carbonyl (C=O) groups is 1. The van der Waals surface area contributed by atoms with E-state index < -0.39 is 12.1 Å². The maximum absolute atomic E-state index is 10.5. The molecule has 5 heteroatoms. The van der Waals surface area contributed by atoms with Gasteiger partial charge in [-0.3, -0.25) is 0 Å². The summed E-state index contributed by atoms with van der Waals surface area (Å²) in [6, 6.07) is 5.04. The third kappa shape index (κ3) is 3.70. The van der Waals surface area contributed by atoms with Crippen molar-refractivity contribution >= 4 is 29.2 Å². The molecule has 0 unspecified atom stereocenters. The molecular weight excluding hydrogens is 239 g/mol. The van der Waals surface area contributed by atoms with Crippen LogP contribution in [0.3, 0.4) is 0 Å². The Hall–Kier alpha value is -0.770. The first kappa shape index (κ1) is 12.3. The molecule has 0 aliphatic rings. The van der Waals surface area contributed by atoms with Crippen LogP contribution in [0.2, 0.25) is 10.0 Å². The van der Waals surface area contributed by atoms with Gasteiger partial charge in [0.25, 0.3) is 0 Å². The fourth-order valence-electron chi connectivity index (χ4n) is 0.922. The summed E-state index contributed by atoms with van der Waals surface area (Å²) in [5.41, 5.74) is 0.789. The van der Waals surface area contributed by atoms with Crippen molar-refractivity contribution in [2.45, 2.75) is 19.6 Å². The van der Waals surface area contributed by atoms with Gasteiger partial charge in [0.2, 0.25) is 0 Å². The highest BCUT2D eigenvalue weighted by Crippen LogP contribution is 2.22. The van der Waals surface area contributed by atoms with Crippen LogP contribution in [0.25, 0.3) is 0 Å². The fraction of sp³-hybridized carbons (Fsp3) is 0.300. The zero-order chi connectivity index (χ0) is 11.4. The van der Waals surface area contributed by atoms with Crippen LogP contribution in [0.1, 0.15) is 12.5 Å². The Labute approximate surface area is 97.6 Å². The molecule has 15 heavy (non-hydrogen) atoms. The molecule has 0 saturated heterocycles. The lowest BCUT2D eigenvalue weighted by Gasteiger charge is -2.08. The Balaban J connectivity index is 2.58. The second-order valence-electron chi connectivity index (χ2n) is 3.04. The van der Waals surface area contributed by atoms with Gasteiger partial charge in [0.15, 0.2) is 6.10 Å². The van der Waals surface area contributed by atoms with Crippen molar-refractivity contribution in [1.29, 1.82) is 0 Å². The molecule has 0 fully saturated rings. The maximum atomic E-state index is 10.5. The minimum atomic E-state index is -0.991. The molecule has 0 saturated carbocycles. The lowest BCUT2D eigenvalue weighted by molar-refractivity contribution is -0.149. The molecule has 0 radical (unpaired) electrons. The van der Waals surface area contributed by atoms with E-state index in [-0.39, 0.29) is 6.61 Å². The lowest BCUT2D eigenvalue weighted by Crippen LogP contribution is -2.19. The number of hydrogen-bond acceptors (Lipinski definition) is 2. The Morgan fingerprint density at radius 2 is 2.13 bits per heavy atom. The number of ether oxygens (including phenoxy) is 1. The molecule has 0 amide bonds. The summed E-state index contributed by atoms with van der Waals surface area (Å²) in [5.74, 6) is -0.991. The van der Waals surface area contributed by atoms with Crippen LogP contribution < -0.4 is 0 Å². The van der Waals surface area contributed by atoms with Crippen molar-refractivity contribution in [3.63, 3.8) is 0 Å². The van der Waals surface area contributed by atoms with Crippen molar-refractivity contribution in [2.75, 3.05) is 0 Å². The van der Waals surface area contributed by atoms with Gasteiger partial charge < -0.3 is 9.84 Å². The largest absolute Gasteiger partial charge is 0.479 e. The molecule has 1 rings (SSSR count). The zero-order valence-electron chi connectivity index (χ0n) is 8.04. The number of rotatable bonds is 4. The van der Waals surface area contributed by atoms with Crippen LogP contribution in [0.4, 0.5) is 0 Å². The molecule has 82 valence electrons. The number of aliphatic carboxylic acids is 1. The first-order chi connectivity index (χ1) is 7.00. The molecular formula is C10H10Cl2O3. The van der Waals surface area contributed by atoms with Gasteiger partial charge in [-0.05, 0) is 24.6 Å². The standard InChI is InChI=1S/C10H10Cl2O3/c1-6(10(13)14)15-5-7-2-3-8(11)9(12)4-7/h2-4,6H,5H2,1H3,(H,13,14)/t6-/m0/s1. The van der Waals surface area contributed by atoms with E-state index in [4.69, 9.17) is 33.0 Å². The summed E-state index contributed by atoms with van der Waals surface area (Å²) >= 11 is 11.5. The topological polar surface area (TPSA) is 46.5 Å². The summed E-state index contributed by atoms with van der Waals surface area (Å²) < 4.78 is 5.08. The Kier molecular flexibility index (Phi) is 4.39. The van der Waals surface area contributed by atoms with E-state index in [1.165, 1.54) is 6.92 Å². The molecule has 0 spiro atoms.